The molecular formula is C12H22O. The summed E-state index contributed by atoms with van der Waals surface area (Å²) in [6.45, 7) is 5.96. The first kappa shape index (κ1) is 12.4. The third-order valence-electron chi connectivity index (χ3n) is 2.18. The van der Waals surface area contributed by atoms with Gasteiger partial charge < -0.3 is 4.79 Å². The number of carbonyl (C=O) groups is 1. The molecule has 0 fully saturated rings. The SMILES string of the molecule is C=C(C)CCCCCCCCC=O. The molecule has 0 bridgehead atoms. The minimum Gasteiger partial charge on any atom is -0.303 e. The van der Waals surface area contributed by atoms with Crippen LogP contribution < -0.4 is 0 Å². The number of rotatable bonds is 9. The van der Waals surface area contributed by atoms with Crippen LogP contribution in [0.3, 0.4) is 0 Å². The molecule has 0 aliphatic rings. The third-order valence-corrected chi connectivity index (χ3v) is 2.18. The standard InChI is InChI=1S/C12H22O/c1-12(2)10-8-6-4-3-5-7-9-11-13/h11H,1,3-10H2,2H3. The van der Waals surface area contributed by atoms with Gasteiger partial charge in [0.25, 0.3) is 0 Å². The van der Waals surface area contributed by atoms with Crippen LogP contribution in [0.2, 0.25) is 0 Å². The number of aldehydes is 1. The Morgan fingerprint density at radius 3 is 2.15 bits per heavy atom. The van der Waals surface area contributed by atoms with Gasteiger partial charge in [-0.3, -0.25) is 0 Å². The molecule has 0 aromatic heterocycles. The number of carbonyl (C=O) groups excluding carboxylic acids is 1. The van der Waals surface area contributed by atoms with Crippen molar-refractivity contribution in [2.24, 2.45) is 0 Å². The summed E-state index contributed by atoms with van der Waals surface area (Å²) in [6.07, 6.45) is 10.4. The lowest BCUT2D eigenvalue weighted by molar-refractivity contribution is -0.107. The first-order valence-electron chi connectivity index (χ1n) is 5.35. The van der Waals surface area contributed by atoms with Crippen LogP contribution in [0.1, 0.15) is 58.3 Å². The monoisotopic (exact) mass is 182 g/mol. The topological polar surface area (TPSA) is 17.1 Å². The quantitative estimate of drug-likeness (QED) is 0.300. The number of hydrogen-bond acceptors (Lipinski definition) is 1. The van der Waals surface area contributed by atoms with Crippen LogP contribution in [0.25, 0.3) is 0 Å². The second kappa shape index (κ2) is 9.50. The normalized spacial score (nSPS) is 9.92. The van der Waals surface area contributed by atoms with Crippen molar-refractivity contribution in [1.29, 1.82) is 0 Å². The van der Waals surface area contributed by atoms with Crippen LogP contribution >= 0.6 is 0 Å². The fraction of sp³-hybridized carbons (Fsp3) is 0.750. The molecule has 0 saturated heterocycles. The number of allylic oxidation sites excluding steroid dienone is 1. The fourth-order valence-corrected chi connectivity index (χ4v) is 1.36. The molecule has 0 atom stereocenters. The fourth-order valence-electron chi connectivity index (χ4n) is 1.36. The zero-order valence-corrected chi connectivity index (χ0v) is 8.85. The summed E-state index contributed by atoms with van der Waals surface area (Å²) in [7, 11) is 0. The zero-order chi connectivity index (χ0) is 9.94. The van der Waals surface area contributed by atoms with E-state index < -0.39 is 0 Å². The molecule has 0 N–H and O–H groups in total. The van der Waals surface area contributed by atoms with Gasteiger partial charge in [0, 0.05) is 6.42 Å². The Bertz CT molecular complexity index is 138. The average Bonchev–Trinajstić information content (AvgIpc) is 2.09. The Morgan fingerprint density at radius 2 is 1.62 bits per heavy atom. The van der Waals surface area contributed by atoms with Crippen molar-refractivity contribution < 1.29 is 4.79 Å². The summed E-state index contributed by atoms with van der Waals surface area (Å²) in [6, 6.07) is 0. The van der Waals surface area contributed by atoms with E-state index in [1.165, 1.54) is 44.1 Å². The van der Waals surface area contributed by atoms with Gasteiger partial charge in [0.15, 0.2) is 0 Å². The molecular weight excluding hydrogens is 160 g/mol. The van der Waals surface area contributed by atoms with Gasteiger partial charge in [0.1, 0.15) is 6.29 Å². The van der Waals surface area contributed by atoms with E-state index >= 15 is 0 Å². The van der Waals surface area contributed by atoms with E-state index in [2.05, 4.69) is 13.5 Å². The average molecular weight is 182 g/mol. The van der Waals surface area contributed by atoms with Crippen molar-refractivity contribution >= 4 is 6.29 Å². The minimum atomic E-state index is 0.742. The lowest BCUT2D eigenvalue weighted by Crippen LogP contribution is -1.82. The van der Waals surface area contributed by atoms with E-state index in [0.29, 0.717) is 0 Å². The van der Waals surface area contributed by atoms with E-state index in [-0.39, 0.29) is 0 Å². The van der Waals surface area contributed by atoms with Crippen molar-refractivity contribution in [2.75, 3.05) is 0 Å². The van der Waals surface area contributed by atoms with Gasteiger partial charge in [-0.05, 0) is 26.2 Å². The van der Waals surface area contributed by atoms with E-state index in [1.807, 2.05) is 0 Å². The predicted octanol–water partition coefficient (Wildman–Crippen LogP) is 3.88. The second-order valence-electron chi connectivity index (χ2n) is 3.78. The number of unbranched alkanes of at least 4 members (excludes halogenated alkanes) is 6. The lowest BCUT2D eigenvalue weighted by Gasteiger charge is -2.00. The molecule has 0 radical (unpaired) electrons. The molecule has 0 heterocycles. The van der Waals surface area contributed by atoms with Crippen molar-refractivity contribution in [1.82, 2.24) is 0 Å². The largest absolute Gasteiger partial charge is 0.303 e. The Labute approximate surface area is 82.2 Å². The summed E-state index contributed by atoms with van der Waals surface area (Å²) in [5.74, 6) is 0. The maximum absolute atomic E-state index is 10.0. The van der Waals surface area contributed by atoms with Crippen molar-refractivity contribution in [3.63, 3.8) is 0 Å². The van der Waals surface area contributed by atoms with Gasteiger partial charge in [-0.15, -0.1) is 6.58 Å². The van der Waals surface area contributed by atoms with Crippen molar-refractivity contribution in [3.05, 3.63) is 12.2 Å². The molecule has 1 heteroatoms. The highest BCUT2D eigenvalue weighted by Crippen LogP contribution is 2.10. The molecule has 76 valence electrons. The Hall–Kier alpha value is -0.590. The Kier molecular flexibility index (Phi) is 9.07. The highest BCUT2D eigenvalue weighted by molar-refractivity contribution is 5.48. The van der Waals surface area contributed by atoms with Crippen molar-refractivity contribution in [2.45, 2.75) is 58.3 Å². The van der Waals surface area contributed by atoms with Crippen LogP contribution in [0, 0.1) is 0 Å². The van der Waals surface area contributed by atoms with Gasteiger partial charge >= 0.3 is 0 Å². The summed E-state index contributed by atoms with van der Waals surface area (Å²) < 4.78 is 0. The van der Waals surface area contributed by atoms with Crippen molar-refractivity contribution in [3.8, 4) is 0 Å². The van der Waals surface area contributed by atoms with Crippen LogP contribution in [-0.4, -0.2) is 6.29 Å². The van der Waals surface area contributed by atoms with Crippen LogP contribution in [-0.2, 0) is 4.79 Å². The molecule has 0 amide bonds. The lowest BCUT2D eigenvalue weighted by atomic mass is 10.1. The summed E-state index contributed by atoms with van der Waals surface area (Å²) in [4.78, 5) is 10.0. The number of hydrogen-bond donors (Lipinski definition) is 0. The molecule has 0 aliphatic carbocycles. The summed E-state index contributed by atoms with van der Waals surface area (Å²) in [5, 5.41) is 0. The van der Waals surface area contributed by atoms with Crippen LogP contribution in [0.15, 0.2) is 12.2 Å². The highest BCUT2D eigenvalue weighted by atomic mass is 16.1. The summed E-state index contributed by atoms with van der Waals surface area (Å²) in [5.41, 5.74) is 1.29. The maximum atomic E-state index is 10.0. The molecule has 0 aliphatic heterocycles. The van der Waals surface area contributed by atoms with Crippen LogP contribution in [0.5, 0.6) is 0 Å². The van der Waals surface area contributed by atoms with Gasteiger partial charge in [-0.1, -0.05) is 31.3 Å². The van der Waals surface area contributed by atoms with E-state index in [4.69, 9.17) is 0 Å². The predicted molar refractivity (Wildman–Crippen MR) is 57.8 cm³/mol. The molecule has 0 spiro atoms. The highest BCUT2D eigenvalue weighted by Gasteiger charge is 1.91. The molecule has 13 heavy (non-hydrogen) atoms. The zero-order valence-electron chi connectivity index (χ0n) is 8.85. The Balaban J connectivity index is 2.91. The Morgan fingerprint density at radius 1 is 1.08 bits per heavy atom. The molecule has 0 saturated carbocycles. The summed E-state index contributed by atoms with van der Waals surface area (Å²) >= 11 is 0. The van der Waals surface area contributed by atoms with Crippen LogP contribution in [0.4, 0.5) is 0 Å². The van der Waals surface area contributed by atoms with Gasteiger partial charge in [-0.25, -0.2) is 0 Å². The van der Waals surface area contributed by atoms with E-state index in [0.717, 1.165) is 19.1 Å². The van der Waals surface area contributed by atoms with E-state index in [9.17, 15) is 4.79 Å². The third kappa shape index (κ3) is 11.4. The van der Waals surface area contributed by atoms with Gasteiger partial charge in [0.2, 0.25) is 0 Å². The molecule has 0 rings (SSSR count). The molecule has 0 unspecified atom stereocenters. The second-order valence-corrected chi connectivity index (χ2v) is 3.78. The molecule has 0 aromatic rings. The van der Waals surface area contributed by atoms with E-state index in [1.54, 1.807) is 0 Å². The van der Waals surface area contributed by atoms with Gasteiger partial charge in [-0.2, -0.15) is 0 Å². The smallest absolute Gasteiger partial charge is 0.119 e. The first-order chi connectivity index (χ1) is 6.27. The molecule has 1 nitrogen and oxygen atoms in total. The first-order valence-corrected chi connectivity index (χ1v) is 5.35. The molecule has 0 aromatic carbocycles. The maximum Gasteiger partial charge on any atom is 0.119 e. The van der Waals surface area contributed by atoms with Gasteiger partial charge in [0.05, 0.1) is 0 Å². The minimum absolute atomic E-state index is 0.742.